The Morgan fingerprint density at radius 2 is 2.09 bits per heavy atom. The number of pyridine rings is 1. The zero-order chi connectivity index (χ0) is 16.9. The van der Waals surface area contributed by atoms with Crippen molar-refractivity contribution in [1.29, 1.82) is 0 Å². The van der Waals surface area contributed by atoms with Crippen molar-refractivity contribution in [2.45, 2.75) is 32.8 Å². The van der Waals surface area contributed by atoms with Gasteiger partial charge >= 0.3 is 12.1 Å². The first kappa shape index (κ1) is 17.0. The van der Waals surface area contributed by atoms with Crippen LogP contribution in [0.5, 0.6) is 0 Å². The molecule has 0 aromatic carbocycles. The van der Waals surface area contributed by atoms with Crippen LogP contribution in [0.4, 0.5) is 4.79 Å². The van der Waals surface area contributed by atoms with Gasteiger partial charge in [-0.15, -0.1) is 0 Å². The van der Waals surface area contributed by atoms with Crippen LogP contribution >= 0.6 is 0 Å². The number of carbonyl (C=O) groups is 2. The van der Waals surface area contributed by atoms with E-state index in [0.29, 0.717) is 25.2 Å². The van der Waals surface area contributed by atoms with E-state index >= 15 is 0 Å². The van der Waals surface area contributed by atoms with Gasteiger partial charge in [-0.3, -0.25) is 0 Å². The second-order valence-electron chi connectivity index (χ2n) is 6.33. The van der Waals surface area contributed by atoms with Gasteiger partial charge in [0.15, 0.2) is 0 Å². The maximum absolute atomic E-state index is 12.0. The summed E-state index contributed by atoms with van der Waals surface area (Å²) < 4.78 is 10.6. The first-order valence-electron chi connectivity index (χ1n) is 7.59. The SMILES string of the molecule is CC(C)(C)OC(=O)N1CC=C(COC(=O)c2ccccn2)CC1. The Morgan fingerprint density at radius 3 is 2.65 bits per heavy atom. The summed E-state index contributed by atoms with van der Waals surface area (Å²) in [4.78, 5) is 29.4. The Balaban J connectivity index is 1.81. The van der Waals surface area contributed by atoms with Crippen LogP contribution in [0.25, 0.3) is 0 Å². The number of nitrogens with zero attached hydrogens (tertiary/aromatic N) is 2. The Labute approximate surface area is 136 Å². The second-order valence-corrected chi connectivity index (χ2v) is 6.33. The average Bonchev–Trinajstić information content (AvgIpc) is 2.52. The summed E-state index contributed by atoms with van der Waals surface area (Å²) in [6.07, 6.45) is 3.79. The van der Waals surface area contributed by atoms with Crippen molar-refractivity contribution >= 4 is 12.1 Å². The van der Waals surface area contributed by atoms with Gasteiger partial charge in [-0.25, -0.2) is 14.6 Å². The summed E-state index contributed by atoms with van der Waals surface area (Å²) in [6, 6.07) is 5.09. The molecular weight excluding hydrogens is 296 g/mol. The summed E-state index contributed by atoms with van der Waals surface area (Å²) in [6.45, 7) is 6.76. The van der Waals surface area contributed by atoms with E-state index in [1.54, 1.807) is 29.3 Å². The normalized spacial score (nSPS) is 14.9. The minimum absolute atomic E-state index is 0.220. The number of ether oxygens (including phenoxy) is 2. The number of amides is 1. The average molecular weight is 318 g/mol. The van der Waals surface area contributed by atoms with Gasteiger partial charge in [-0.2, -0.15) is 0 Å². The van der Waals surface area contributed by atoms with Crippen LogP contribution in [0.1, 0.15) is 37.7 Å². The van der Waals surface area contributed by atoms with E-state index in [-0.39, 0.29) is 12.7 Å². The highest BCUT2D eigenvalue weighted by Crippen LogP contribution is 2.16. The third-order valence-corrected chi connectivity index (χ3v) is 3.22. The molecule has 0 saturated heterocycles. The fourth-order valence-corrected chi connectivity index (χ4v) is 2.05. The van der Waals surface area contributed by atoms with Gasteiger partial charge in [0, 0.05) is 19.3 Å². The third-order valence-electron chi connectivity index (χ3n) is 3.22. The quantitative estimate of drug-likeness (QED) is 0.633. The third kappa shape index (κ3) is 5.39. The fourth-order valence-electron chi connectivity index (χ4n) is 2.05. The van der Waals surface area contributed by atoms with Crippen LogP contribution in [-0.2, 0) is 9.47 Å². The zero-order valence-corrected chi connectivity index (χ0v) is 13.7. The molecule has 1 aromatic rings. The molecule has 0 saturated carbocycles. The van der Waals surface area contributed by atoms with E-state index in [9.17, 15) is 9.59 Å². The van der Waals surface area contributed by atoms with Crippen molar-refractivity contribution < 1.29 is 19.1 Å². The number of rotatable bonds is 3. The summed E-state index contributed by atoms with van der Waals surface area (Å²) >= 11 is 0. The van der Waals surface area contributed by atoms with E-state index in [1.807, 2.05) is 26.8 Å². The highest BCUT2D eigenvalue weighted by Gasteiger charge is 2.23. The van der Waals surface area contributed by atoms with Gasteiger partial charge in [0.2, 0.25) is 0 Å². The largest absolute Gasteiger partial charge is 0.456 e. The minimum Gasteiger partial charge on any atom is -0.456 e. The van der Waals surface area contributed by atoms with E-state index < -0.39 is 11.6 Å². The van der Waals surface area contributed by atoms with Crippen molar-refractivity contribution in [1.82, 2.24) is 9.88 Å². The lowest BCUT2D eigenvalue weighted by molar-refractivity contribution is 0.0258. The molecule has 124 valence electrons. The van der Waals surface area contributed by atoms with Crippen LogP contribution in [0.15, 0.2) is 36.0 Å². The zero-order valence-electron chi connectivity index (χ0n) is 13.7. The molecule has 23 heavy (non-hydrogen) atoms. The van der Waals surface area contributed by atoms with E-state index in [1.165, 1.54) is 0 Å². The van der Waals surface area contributed by atoms with Gasteiger partial charge in [0.1, 0.15) is 17.9 Å². The predicted octanol–water partition coefficient (Wildman–Crippen LogP) is 2.81. The maximum Gasteiger partial charge on any atom is 0.410 e. The number of hydrogen-bond acceptors (Lipinski definition) is 5. The molecule has 0 fully saturated rings. The lowest BCUT2D eigenvalue weighted by atomic mass is 10.1. The van der Waals surface area contributed by atoms with Crippen LogP contribution in [-0.4, -0.2) is 47.2 Å². The van der Waals surface area contributed by atoms with Crippen molar-refractivity contribution in [2.75, 3.05) is 19.7 Å². The fraction of sp³-hybridized carbons (Fsp3) is 0.471. The molecule has 1 amide bonds. The minimum atomic E-state index is -0.501. The number of carbonyl (C=O) groups excluding carboxylic acids is 2. The Hall–Kier alpha value is -2.37. The Morgan fingerprint density at radius 1 is 1.30 bits per heavy atom. The van der Waals surface area contributed by atoms with Crippen molar-refractivity contribution in [3.63, 3.8) is 0 Å². The van der Waals surface area contributed by atoms with E-state index in [0.717, 1.165) is 5.57 Å². The van der Waals surface area contributed by atoms with Crippen molar-refractivity contribution in [2.24, 2.45) is 0 Å². The van der Waals surface area contributed by atoms with Gasteiger partial charge < -0.3 is 14.4 Å². The van der Waals surface area contributed by atoms with Gasteiger partial charge in [-0.1, -0.05) is 12.1 Å². The molecule has 0 spiro atoms. The van der Waals surface area contributed by atoms with Crippen LogP contribution in [0.2, 0.25) is 0 Å². The first-order valence-corrected chi connectivity index (χ1v) is 7.59. The van der Waals surface area contributed by atoms with Crippen LogP contribution < -0.4 is 0 Å². The molecule has 0 bridgehead atoms. The smallest absolute Gasteiger partial charge is 0.410 e. The van der Waals surface area contributed by atoms with Gasteiger partial charge in [-0.05, 0) is 44.9 Å². The Kier molecular flexibility index (Phi) is 5.36. The molecular formula is C17H22N2O4. The molecule has 1 aliphatic rings. The maximum atomic E-state index is 12.0. The number of hydrogen-bond donors (Lipinski definition) is 0. The van der Waals surface area contributed by atoms with E-state index in [4.69, 9.17) is 9.47 Å². The molecule has 1 aromatic heterocycles. The van der Waals surface area contributed by atoms with E-state index in [2.05, 4.69) is 4.98 Å². The van der Waals surface area contributed by atoms with Gasteiger partial charge in [0.05, 0.1) is 0 Å². The molecule has 2 heterocycles. The molecule has 0 aliphatic carbocycles. The molecule has 0 radical (unpaired) electrons. The summed E-state index contributed by atoms with van der Waals surface area (Å²) in [5.41, 5.74) is 0.785. The molecule has 0 N–H and O–H groups in total. The monoisotopic (exact) mass is 318 g/mol. The van der Waals surface area contributed by atoms with Gasteiger partial charge in [0.25, 0.3) is 0 Å². The standard InChI is InChI=1S/C17H22N2O4/c1-17(2,3)23-16(21)19-10-7-13(8-11-19)12-22-15(20)14-6-4-5-9-18-14/h4-7,9H,8,10-12H2,1-3H3. The van der Waals surface area contributed by atoms with Crippen molar-refractivity contribution in [3.8, 4) is 0 Å². The van der Waals surface area contributed by atoms with Crippen molar-refractivity contribution in [3.05, 3.63) is 41.7 Å². The molecule has 2 rings (SSSR count). The molecule has 6 nitrogen and oxygen atoms in total. The summed E-state index contributed by atoms with van der Waals surface area (Å²) in [5, 5.41) is 0. The lowest BCUT2D eigenvalue weighted by Gasteiger charge is -2.29. The van der Waals surface area contributed by atoms with Crippen LogP contribution in [0, 0.1) is 0 Å². The Bertz CT molecular complexity index is 590. The topological polar surface area (TPSA) is 68.7 Å². The summed E-state index contributed by atoms with van der Waals surface area (Å²) in [7, 11) is 0. The molecule has 6 heteroatoms. The van der Waals surface area contributed by atoms with Crippen LogP contribution in [0.3, 0.4) is 0 Å². The predicted molar refractivity (Wildman–Crippen MR) is 85.0 cm³/mol. The molecule has 0 atom stereocenters. The molecule has 0 unspecified atom stereocenters. The first-order chi connectivity index (χ1) is 10.8. The summed E-state index contributed by atoms with van der Waals surface area (Å²) in [5.74, 6) is -0.443. The number of aromatic nitrogens is 1. The second kappa shape index (κ2) is 7.26. The lowest BCUT2D eigenvalue weighted by Crippen LogP contribution is -2.39. The molecule has 1 aliphatic heterocycles. The number of esters is 1. The highest BCUT2D eigenvalue weighted by atomic mass is 16.6. The highest BCUT2D eigenvalue weighted by molar-refractivity contribution is 5.87.